The van der Waals surface area contributed by atoms with E-state index in [2.05, 4.69) is 43.1 Å². The lowest BCUT2D eigenvalue weighted by molar-refractivity contribution is -0.122. The Balaban J connectivity index is 1.55. The first kappa shape index (κ1) is 25.2. The number of nitrogens with one attached hydrogen (secondary N) is 1. The number of nitrogens with zero attached hydrogens (tertiary/aromatic N) is 1. The predicted molar refractivity (Wildman–Crippen MR) is 142 cm³/mol. The molecule has 0 saturated carbocycles. The molecule has 1 saturated heterocycles. The van der Waals surface area contributed by atoms with Crippen LogP contribution in [0.2, 0.25) is 0 Å². The Labute approximate surface area is 224 Å². The van der Waals surface area contributed by atoms with Gasteiger partial charge in [0.15, 0.2) is 0 Å². The number of hydrogen-bond donors (Lipinski definition) is 1. The van der Waals surface area contributed by atoms with Crippen molar-refractivity contribution in [2.24, 2.45) is 0 Å². The third-order valence-corrected chi connectivity index (χ3v) is 6.25. The van der Waals surface area contributed by atoms with Crippen molar-refractivity contribution in [3.63, 3.8) is 0 Å². The third kappa shape index (κ3) is 5.67. The van der Waals surface area contributed by atoms with Crippen molar-refractivity contribution in [2.75, 3.05) is 11.5 Å². The maximum absolute atomic E-state index is 13.2. The van der Waals surface area contributed by atoms with Gasteiger partial charge in [0.25, 0.3) is 11.8 Å². The SMILES string of the molecule is C#CCOc1c(Br)cc(/C=C2\C(=O)NC(=O)N(c3ccc(OCc4ccccc4)cc3)C2=O)cc1Br. The second kappa shape index (κ2) is 11.2. The summed E-state index contributed by atoms with van der Waals surface area (Å²) in [7, 11) is 0. The van der Waals surface area contributed by atoms with Crippen molar-refractivity contribution in [1.82, 2.24) is 5.32 Å². The van der Waals surface area contributed by atoms with Gasteiger partial charge < -0.3 is 9.47 Å². The molecule has 0 spiro atoms. The molecule has 3 aromatic rings. The molecule has 1 fully saturated rings. The Kier molecular flexibility index (Phi) is 7.88. The van der Waals surface area contributed by atoms with Gasteiger partial charge in [0.2, 0.25) is 0 Å². The number of terminal acetylenes is 1. The van der Waals surface area contributed by atoms with Crippen LogP contribution in [0.15, 0.2) is 81.2 Å². The van der Waals surface area contributed by atoms with Crippen LogP contribution in [0.5, 0.6) is 11.5 Å². The zero-order valence-electron chi connectivity index (χ0n) is 18.7. The summed E-state index contributed by atoms with van der Waals surface area (Å²) in [6, 6.07) is 18.6. The fraction of sp³-hybridized carbons (Fsp3) is 0.0741. The van der Waals surface area contributed by atoms with Gasteiger partial charge in [-0.1, -0.05) is 36.3 Å². The molecule has 1 aliphatic heterocycles. The summed E-state index contributed by atoms with van der Waals surface area (Å²) < 4.78 is 12.4. The summed E-state index contributed by atoms with van der Waals surface area (Å²) in [5, 5.41) is 2.22. The first-order valence-corrected chi connectivity index (χ1v) is 12.2. The molecular formula is C27H18Br2N2O5. The van der Waals surface area contributed by atoms with Gasteiger partial charge in [0, 0.05) is 0 Å². The standard InChI is InChI=1S/C27H18Br2N2O5/c1-2-12-35-24-22(28)14-18(15-23(24)29)13-21-25(32)30-27(34)31(26(21)33)19-8-10-20(11-9-19)36-16-17-6-4-3-5-7-17/h1,3-11,13-15H,12,16H2,(H,30,32,34)/b21-13+. The fourth-order valence-corrected chi connectivity index (χ4v) is 4.86. The van der Waals surface area contributed by atoms with Crippen LogP contribution < -0.4 is 19.7 Å². The van der Waals surface area contributed by atoms with Crippen molar-refractivity contribution >= 4 is 61.5 Å². The van der Waals surface area contributed by atoms with E-state index in [-0.39, 0.29) is 12.2 Å². The van der Waals surface area contributed by atoms with Crippen LogP contribution in [0.25, 0.3) is 6.08 Å². The minimum Gasteiger partial charge on any atom is -0.489 e. The van der Waals surface area contributed by atoms with E-state index in [1.807, 2.05) is 30.3 Å². The summed E-state index contributed by atoms with van der Waals surface area (Å²) in [6.07, 6.45) is 6.64. The Bertz CT molecular complexity index is 1370. The second-order valence-electron chi connectivity index (χ2n) is 7.53. The number of barbiturate groups is 1. The number of imide groups is 2. The predicted octanol–water partition coefficient (Wildman–Crippen LogP) is 5.47. The van der Waals surface area contributed by atoms with Crippen LogP contribution in [0.4, 0.5) is 10.5 Å². The van der Waals surface area contributed by atoms with Crippen LogP contribution in [0.1, 0.15) is 11.1 Å². The second-order valence-corrected chi connectivity index (χ2v) is 9.24. The Morgan fingerprint density at radius 2 is 1.61 bits per heavy atom. The molecule has 0 unspecified atom stereocenters. The summed E-state index contributed by atoms with van der Waals surface area (Å²) in [5.74, 6) is 1.91. The van der Waals surface area contributed by atoms with E-state index in [4.69, 9.17) is 15.9 Å². The lowest BCUT2D eigenvalue weighted by atomic mass is 10.1. The number of anilines is 1. The highest BCUT2D eigenvalue weighted by Gasteiger charge is 2.36. The molecule has 0 atom stereocenters. The van der Waals surface area contributed by atoms with Crippen LogP contribution >= 0.6 is 31.9 Å². The molecule has 9 heteroatoms. The van der Waals surface area contributed by atoms with Gasteiger partial charge in [-0.3, -0.25) is 14.9 Å². The van der Waals surface area contributed by atoms with E-state index in [9.17, 15) is 14.4 Å². The Morgan fingerprint density at radius 3 is 2.25 bits per heavy atom. The minimum absolute atomic E-state index is 0.0751. The number of rotatable bonds is 7. The number of hydrogen-bond acceptors (Lipinski definition) is 5. The molecule has 0 radical (unpaired) electrons. The van der Waals surface area contributed by atoms with Gasteiger partial charge in [0.1, 0.15) is 30.3 Å². The Hall–Kier alpha value is -3.87. The maximum Gasteiger partial charge on any atom is 0.335 e. The fourth-order valence-electron chi connectivity index (χ4n) is 3.41. The molecule has 0 aliphatic carbocycles. The highest BCUT2D eigenvalue weighted by Crippen LogP contribution is 2.35. The van der Waals surface area contributed by atoms with Gasteiger partial charge in [0.05, 0.1) is 14.6 Å². The smallest absolute Gasteiger partial charge is 0.335 e. The minimum atomic E-state index is -0.833. The van der Waals surface area contributed by atoms with E-state index in [0.29, 0.717) is 38.3 Å². The normalized spacial score (nSPS) is 14.4. The lowest BCUT2D eigenvalue weighted by Gasteiger charge is -2.26. The molecule has 1 aliphatic rings. The summed E-state index contributed by atoms with van der Waals surface area (Å²) in [5.41, 5.74) is 1.63. The van der Waals surface area contributed by atoms with Crippen molar-refractivity contribution < 1.29 is 23.9 Å². The van der Waals surface area contributed by atoms with Gasteiger partial charge in [-0.15, -0.1) is 6.42 Å². The zero-order valence-corrected chi connectivity index (χ0v) is 21.8. The first-order valence-electron chi connectivity index (χ1n) is 10.6. The number of amides is 4. The van der Waals surface area contributed by atoms with Crippen LogP contribution in [-0.2, 0) is 16.2 Å². The average molecular weight is 610 g/mol. The maximum atomic E-state index is 13.2. The van der Waals surface area contributed by atoms with Crippen molar-refractivity contribution in [1.29, 1.82) is 0 Å². The van der Waals surface area contributed by atoms with Crippen LogP contribution in [0, 0.1) is 12.3 Å². The van der Waals surface area contributed by atoms with Crippen molar-refractivity contribution in [3.8, 4) is 23.8 Å². The zero-order chi connectivity index (χ0) is 25.7. The molecule has 3 aromatic carbocycles. The molecule has 7 nitrogen and oxygen atoms in total. The summed E-state index contributed by atoms with van der Waals surface area (Å²) in [4.78, 5) is 39.1. The average Bonchev–Trinajstić information content (AvgIpc) is 2.86. The van der Waals surface area contributed by atoms with E-state index in [0.717, 1.165) is 10.5 Å². The molecule has 4 amide bonds. The van der Waals surface area contributed by atoms with E-state index in [1.165, 1.54) is 6.08 Å². The topological polar surface area (TPSA) is 84.9 Å². The highest BCUT2D eigenvalue weighted by atomic mass is 79.9. The van der Waals surface area contributed by atoms with Crippen molar-refractivity contribution in [2.45, 2.75) is 6.61 Å². The number of carbonyl (C=O) groups excluding carboxylic acids is 3. The number of carbonyl (C=O) groups is 3. The number of ether oxygens (including phenoxy) is 2. The van der Waals surface area contributed by atoms with Gasteiger partial charge in [-0.05, 0) is 85.5 Å². The number of halogens is 2. The van der Waals surface area contributed by atoms with E-state index in [1.54, 1.807) is 36.4 Å². The molecule has 1 heterocycles. The highest BCUT2D eigenvalue weighted by molar-refractivity contribution is 9.11. The van der Waals surface area contributed by atoms with Gasteiger partial charge >= 0.3 is 6.03 Å². The molecule has 180 valence electrons. The largest absolute Gasteiger partial charge is 0.489 e. The van der Waals surface area contributed by atoms with E-state index < -0.39 is 17.8 Å². The number of urea groups is 1. The van der Waals surface area contributed by atoms with Crippen LogP contribution in [-0.4, -0.2) is 24.5 Å². The van der Waals surface area contributed by atoms with Gasteiger partial charge in [-0.25, -0.2) is 9.69 Å². The summed E-state index contributed by atoms with van der Waals surface area (Å²) >= 11 is 6.80. The molecule has 1 N–H and O–H groups in total. The lowest BCUT2D eigenvalue weighted by Crippen LogP contribution is -2.54. The third-order valence-electron chi connectivity index (χ3n) is 5.08. The van der Waals surface area contributed by atoms with Crippen molar-refractivity contribution in [3.05, 3.63) is 92.4 Å². The van der Waals surface area contributed by atoms with Crippen LogP contribution in [0.3, 0.4) is 0 Å². The Morgan fingerprint density at radius 1 is 0.944 bits per heavy atom. The van der Waals surface area contributed by atoms with E-state index >= 15 is 0 Å². The number of benzene rings is 3. The molecule has 0 bridgehead atoms. The molecular weight excluding hydrogens is 592 g/mol. The molecule has 0 aromatic heterocycles. The quantitative estimate of drug-likeness (QED) is 0.218. The summed E-state index contributed by atoms with van der Waals surface area (Å²) in [6.45, 7) is 0.452. The monoisotopic (exact) mass is 608 g/mol. The first-order chi connectivity index (χ1) is 17.4. The van der Waals surface area contributed by atoms with Gasteiger partial charge in [-0.2, -0.15) is 0 Å². The molecule has 4 rings (SSSR count). The molecule has 36 heavy (non-hydrogen) atoms.